The van der Waals surface area contributed by atoms with Gasteiger partial charge < -0.3 is 10.1 Å². The van der Waals surface area contributed by atoms with Crippen LogP contribution in [0.1, 0.15) is 48.9 Å². The van der Waals surface area contributed by atoms with E-state index in [0.717, 1.165) is 23.3 Å². The van der Waals surface area contributed by atoms with Gasteiger partial charge in [-0.3, -0.25) is 4.79 Å². The van der Waals surface area contributed by atoms with Crippen LogP contribution in [0.5, 0.6) is 5.75 Å². The molecule has 1 N–H and O–H groups in total. The molecule has 0 saturated carbocycles. The van der Waals surface area contributed by atoms with Gasteiger partial charge in [0.2, 0.25) is 15.9 Å². The van der Waals surface area contributed by atoms with Crippen LogP contribution in [0.25, 0.3) is 0 Å². The van der Waals surface area contributed by atoms with Crippen molar-refractivity contribution in [2.24, 2.45) is 5.92 Å². The molecule has 2 aromatic carbocycles. The fourth-order valence-corrected chi connectivity index (χ4v) is 6.00. The molecule has 1 aliphatic heterocycles. The predicted octanol–water partition coefficient (Wildman–Crippen LogP) is 4.47. The van der Waals surface area contributed by atoms with Crippen molar-refractivity contribution in [3.05, 3.63) is 64.2 Å². The third kappa shape index (κ3) is 5.82. The quantitative estimate of drug-likeness (QED) is 0.607. The number of carbonyl (C=O) groups is 1. The molecule has 0 radical (unpaired) electrons. The molecule has 0 aliphatic carbocycles. The largest absolute Gasteiger partial charge is 0.496 e. The third-order valence-electron chi connectivity index (χ3n) is 6.06. The molecule has 1 unspecified atom stereocenters. The second-order valence-electron chi connectivity index (χ2n) is 8.22. The van der Waals surface area contributed by atoms with Gasteiger partial charge in [0.25, 0.3) is 0 Å². The summed E-state index contributed by atoms with van der Waals surface area (Å²) in [5.74, 6) is 0.474. The highest BCUT2D eigenvalue weighted by Crippen LogP contribution is 2.27. The van der Waals surface area contributed by atoms with Crippen LogP contribution in [0.2, 0.25) is 5.02 Å². The van der Waals surface area contributed by atoms with Gasteiger partial charge in [0.1, 0.15) is 5.75 Å². The molecule has 8 heteroatoms. The van der Waals surface area contributed by atoms with Gasteiger partial charge in [-0.15, -0.1) is 0 Å². The predicted molar refractivity (Wildman–Crippen MR) is 127 cm³/mol. The minimum absolute atomic E-state index is 0.0199. The van der Waals surface area contributed by atoms with E-state index in [1.54, 1.807) is 31.4 Å². The van der Waals surface area contributed by atoms with Crippen molar-refractivity contribution in [2.75, 3.05) is 20.2 Å². The standard InChI is InChI=1S/C24H31ClN2O4S/c1-4-22(19-9-10-23(31-3)17(2)15-19)26-24(28)18-11-13-27(14-12-18)32(29,30)16-20-7-5-6-8-21(20)25/h5-10,15,18,22H,4,11-14,16H2,1-3H3,(H,26,28). The molecule has 1 amide bonds. The summed E-state index contributed by atoms with van der Waals surface area (Å²) in [4.78, 5) is 12.9. The highest BCUT2D eigenvalue weighted by molar-refractivity contribution is 7.88. The topological polar surface area (TPSA) is 75.7 Å². The van der Waals surface area contributed by atoms with Crippen LogP contribution in [0.3, 0.4) is 0 Å². The number of nitrogens with one attached hydrogen (secondary N) is 1. The number of aryl methyl sites for hydroxylation is 1. The number of methoxy groups -OCH3 is 1. The number of benzene rings is 2. The first-order valence-corrected chi connectivity index (χ1v) is 12.9. The number of nitrogens with zero attached hydrogens (tertiary/aromatic N) is 1. The molecule has 0 aromatic heterocycles. The molecule has 1 heterocycles. The number of halogens is 1. The van der Waals surface area contributed by atoms with Crippen LogP contribution in [-0.2, 0) is 20.6 Å². The lowest BCUT2D eigenvalue weighted by Gasteiger charge is -2.31. The Labute approximate surface area is 196 Å². The van der Waals surface area contributed by atoms with Crippen molar-refractivity contribution < 1.29 is 17.9 Å². The van der Waals surface area contributed by atoms with Crippen molar-refractivity contribution in [2.45, 2.75) is 44.9 Å². The van der Waals surface area contributed by atoms with Crippen LogP contribution in [0, 0.1) is 12.8 Å². The van der Waals surface area contributed by atoms with Crippen molar-refractivity contribution in [3.63, 3.8) is 0 Å². The maximum atomic E-state index is 12.9. The minimum Gasteiger partial charge on any atom is -0.496 e. The first-order chi connectivity index (χ1) is 15.2. The van der Waals surface area contributed by atoms with E-state index in [1.165, 1.54) is 4.31 Å². The van der Waals surface area contributed by atoms with E-state index in [2.05, 4.69) is 5.32 Å². The van der Waals surface area contributed by atoms with Gasteiger partial charge in [0.05, 0.1) is 18.9 Å². The summed E-state index contributed by atoms with van der Waals surface area (Å²) in [6.45, 7) is 4.69. The van der Waals surface area contributed by atoms with Gasteiger partial charge in [-0.05, 0) is 55.0 Å². The monoisotopic (exact) mass is 478 g/mol. The Kier molecular flexibility index (Phi) is 8.20. The Morgan fingerprint density at radius 2 is 1.91 bits per heavy atom. The van der Waals surface area contributed by atoms with E-state index in [9.17, 15) is 13.2 Å². The summed E-state index contributed by atoms with van der Waals surface area (Å²) in [5, 5.41) is 3.60. The second-order valence-corrected chi connectivity index (χ2v) is 10.6. The number of ether oxygens (including phenoxy) is 1. The number of amides is 1. The second kappa shape index (κ2) is 10.7. The summed E-state index contributed by atoms with van der Waals surface area (Å²) in [5.41, 5.74) is 2.66. The van der Waals surface area contributed by atoms with E-state index in [-0.39, 0.29) is 23.6 Å². The first kappa shape index (κ1) is 24.6. The van der Waals surface area contributed by atoms with Crippen molar-refractivity contribution in [1.29, 1.82) is 0 Å². The number of carbonyl (C=O) groups excluding carboxylic acids is 1. The molecule has 0 bridgehead atoms. The Bertz CT molecular complexity index is 1050. The van der Waals surface area contributed by atoms with E-state index in [0.29, 0.717) is 36.5 Å². The molecule has 1 saturated heterocycles. The molecule has 3 rings (SSSR count). The van der Waals surface area contributed by atoms with E-state index < -0.39 is 10.0 Å². The third-order valence-corrected chi connectivity index (χ3v) is 8.26. The summed E-state index contributed by atoms with van der Waals surface area (Å²) in [6.07, 6.45) is 1.78. The SMILES string of the molecule is CCC(NC(=O)C1CCN(S(=O)(=O)Cc2ccccc2Cl)CC1)c1ccc(OC)c(C)c1. The summed E-state index contributed by atoms with van der Waals surface area (Å²) in [7, 11) is -1.84. The van der Waals surface area contributed by atoms with E-state index >= 15 is 0 Å². The number of hydrogen-bond acceptors (Lipinski definition) is 4. The highest BCUT2D eigenvalue weighted by Gasteiger charge is 2.32. The zero-order chi connectivity index (χ0) is 23.3. The lowest BCUT2D eigenvalue weighted by molar-refractivity contribution is -0.126. The minimum atomic E-state index is -3.48. The van der Waals surface area contributed by atoms with Gasteiger partial charge in [-0.2, -0.15) is 0 Å². The lowest BCUT2D eigenvalue weighted by atomic mass is 9.95. The van der Waals surface area contributed by atoms with Gasteiger partial charge in [-0.25, -0.2) is 12.7 Å². The fraction of sp³-hybridized carbons (Fsp3) is 0.458. The van der Waals surface area contributed by atoms with Gasteiger partial charge in [0.15, 0.2) is 0 Å². The Morgan fingerprint density at radius 3 is 2.50 bits per heavy atom. The molecule has 6 nitrogen and oxygen atoms in total. The smallest absolute Gasteiger partial charge is 0.223 e. The Balaban J connectivity index is 1.58. The zero-order valence-corrected chi connectivity index (χ0v) is 20.4. The van der Waals surface area contributed by atoms with Crippen LogP contribution in [0.4, 0.5) is 0 Å². The molecule has 1 atom stereocenters. The Hall–Kier alpha value is -2.09. The van der Waals surface area contributed by atoms with Gasteiger partial charge in [-0.1, -0.05) is 48.9 Å². The lowest BCUT2D eigenvalue weighted by Crippen LogP contribution is -2.44. The molecular formula is C24H31ClN2O4S. The Morgan fingerprint density at radius 1 is 1.22 bits per heavy atom. The van der Waals surface area contributed by atoms with Crippen LogP contribution >= 0.6 is 11.6 Å². The number of sulfonamides is 1. The highest BCUT2D eigenvalue weighted by atomic mass is 35.5. The average molecular weight is 479 g/mol. The van der Waals surface area contributed by atoms with Crippen molar-refractivity contribution in [1.82, 2.24) is 9.62 Å². The van der Waals surface area contributed by atoms with Crippen LogP contribution in [-0.4, -0.2) is 38.8 Å². The summed E-state index contributed by atoms with van der Waals surface area (Å²) >= 11 is 6.13. The van der Waals surface area contributed by atoms with E-state index in [4.69, 9.17) is 16.3 Å². The fourth-order valence-electron chi connectivity index (χ4n) is 4.13. The number of piperidine rings is 1. The van der Waals surface area contributed by atoms with Crippen LogP contribution < -0.4 is 10.1 Å². The molecule has 174 valence electrons. The first-order valence-electron chi connectivity index (χ1n) is 10.9. The maximum absolute atomic E-state index is 12.9. The number of hydrogen-bond donors (Lipinski definition) is 1. The normalized spacial score (nSPS) is 16.5. The molecule has 0 spiro atoms. The molecule has 32 heavy (non-hydrogen) atoms. The van der Waals surface area contributed by atoms with Crippen molar-refractivity contribution >= 4 is 27.5 Å². The molecule has 2 aromatic rings. The van der Waals surface area contributed by atoms with Gasteiger partial charge in [0, 0.05) is 24.0 Å². The average Bonchev–Trinajstić information content (AvgIpc) is 2.78. The molecular weight excluding hydrogens is 448 g/mol. The number of rotatable bonds is 8. The summed E-state index contributed by atoms with van der Waals surface area (Å²) in [6, 6.07) is 12.8. The zero-order valence-electron chi connectivity index (χ0n) is 18.8. The molecule has 1 aliphatic rings. The molecule has 1 fully saturated rings. The van der Waals surface area contributed by atoms with Gasteiger partial charge >= 0.3 is 0 Å². The maximum Gasteiger partial charge on any atom is 0.223 e. The van der Waals surface area contributed by atoms with Crippen molar-refractivity contribution in [3.8, 4) is 5.75 Å². The summed E-state index contributed by atoms with van der Waals surface area (Å²) < 4.78 is 32.5. The van der Waals surface area contributed by atoms with E-state index in [1.807, 2.05) is 32.0 Å². The van der Waals surface area contributed by atoms with Crippen LogP contribution in [0.15, 0.2) is 42.5 Å².